The number of nitrogens with zero attached hydrogens (tertiary/aromatic N) is 1. The van der Waals surface area contributed by atoms with Crippen molar-refractivity contribution in [3.05, 3.63) is 65.0 Å². The second-order valence-electron chi connectivity index (χ2n) is 6.22. The molecule has 8 heteroatoms. The van der Waals surface area contributed by atoms with Crippen LogP contribution in [0.3, 0.4) is 0 Å². The first-order valence-electron chi connectivity index (χ1n) is 8.97. The summed E-state index contributed by atoms with van der Waals surface area (Å²) in [6.07, 6.45) is 0. The molecule has 0 atom stereocenters. The summed E-state index contributed by atoms with van der Waals surface area (Å²) >= 11 is 2.86. The molecule has 152 valence electrons. The summed E-state index contributed by atoms with van der Waals surface area (Å²) in [6, 6.07) is 16.2. The van der Waals surface area contributed by atoms with E-state index < -0.39 is 5.97 Å². The zero-order valence-electron chi connectivity index (χ0n) is 16.2. The van der Waals surface area contributed by atoms with Gasteiger partial charge in [0.05, 0.1) is 29.3 Å². The third-order valence-corrected chi connectivity index (χ3v) is 6.62. The maximum atomic E-state index is 12.4. The minimum Gasteiger partial charge on any atom is -0.493 e. The number of ether oxygens (including phenoxy) is 3. The van der Waals surface area contributed by atoms with Crippen LogP contribution >= 0.6 is 22.7 Å². The second kappa shape index (κ2) is 8.64. The normalized spacial score (nSPS) is 10.7. The molecule has 0 fully saturated rings. The van der Waals surface area contributed by atoms with Gasteiger partial charge in [-0.3, -0.25) is 4.79 Å². The predicted octanol–water partition coefficient (Wildman–Crippen LogP) is 5.08. The first-order valence-corrected chi connectivity index (χ1v) is 10.6. The van der Waals surface area contributed by atoms with Crippen LogP contribution in [-0.4, -0.2) is 37.6 Å². The van der Waals surface area contributed by atoms with Crippen molar-refractivity contribution in [3.8, 4) is 21.4 Å². The predicted molar refractivity (Wildman–Crippen MR) is 117 cm³/mol. The van der Waals surface area contributed by atoms with Gasteiger partial charge in [0.2, 0.25) is 0 Å². The maximum absolute atomic E-state index is 12.4. The third kappa shape index (κ3) is 4.05. The first-order chi connectivity index (χ1) is 14.6. The summed E-state index contributed by atoms with van der Waals surface area (Å²) in [7, 11) is 3.01. The number of ketones is 1. The van der Waals surface area contributed by atoms with Gasteiger partial charge in [-0.05, 0) is 42.5 Å². The molecule has 0 saturated carbocycles. The SMILES string of the molecule is COc1ccc(C(=O)COC(=O)c2ccc(-c3nc4ccccc4s3)s2)cc1OC. The summed E-state index contributed by atoms with van der Waals surface area (Å²) in [6.45, 7) is -0.358. The number of aromatic nitrogens is 1. The van der Waals surface area contributed by atoms with Crippen molar-refractivity contribution in [1.29, 1.82) is 0 Å². The molecule has 0 saturated heterocycles. The van der Waals surface area contributed by atoms with E-state index in [0.717, 1.165) is 20.1 Å². The molecule has 0 N–H and O–H groups in total. The molecular weight excluding hydrogens is 422 g/mol. The summed E-state index contributed by atoms with van der Waals surface area (Å²) < 4.78 is 16.7. The molecule has 4 aromatic rings. The highest BCUT2D eigenvalue weighted by atomic mass is 32.1. The van der Waals surface area contributed by atoms with E-state index in [1.807, 2.05) is 30.3 Å². The lowest BCUT2D eigenvalue weighted by Gasteiger charge is -2.09. The molecule has 0 spiro atoms. The Labute approximate surface area is 180 Å². The number of thiazole rings is 1. The Morgan fingerprint density at radius 3 is 2.50 bits per heavy atom. The van der Waals surface area contributed by atoms with Crippen LogP contribution in [0, 0.1) is 0 Å². The van der Waals surface area contributed by atoms with Crippen molar-refractivity contribution in [1.82, 2.24) is 4.98 Å². The van der Waals surface area contributed by atoms with Crippen molar-refractivity contribution in [2.45, 2.75) is 0 Å². The molecule has 0 radical (unpaired) electrons. The average molecular weight is 440 g/mol. The van der Waals surface area contributed by atoms with Gasteiger partial charge >= 0.3 is 5.97 Å². The van der Waals surface area contributed by atoms with Gasteiger partial charge < -0.3 is 14.2 Å². The monoisotopic (exact) mass is 439 g/mol. The van der Waals surface area contributed by atoms with Gasteiger partial charge in [0.1, 0.15) is 9.88 Å². The summed E-state index contributed by atoms with van der Waals surface area (Å²) in [5, 5.41) is 0.849. The first kappa shape index (κ1) is 20.1. The molecule has 0 aliphatic rings. The Bertz CT molecular complexity index is 1190. The number of fused-ring (bicyclic) bond motifs is 1. The van der Waals surface area contributed by atoms with E-state index in [0.29, 0.717) is 21.9 Å². The second-order valence-corrected chi connectivity index (χ2v) is 8.33. The largest absolute Gasteiger partial charge is 0.493 e. The number of hydrogen-bond donors (Lipinski definition) is 0. The number of carbonyl (C=O) groups is 2. The van der Waals surface area contributed by atoms with Gasteiger partial charge in [0, 0.05) is 5.56 Å². The van der Waals surface area contributed by atoms with Crippen molar-refractivity contribution < 1.29 is 23.8 Å². The van der Waals surface area contributed by atoms with Gasteiger partial charge in [0.25, 0.3) is 0 Å². The molecule has 2 heterocycles. The number of Topliss-reactive ketones (excluding diaryl/α,β-unsaturated/α-hetero) is 1. The van der Waals surface area contributed by atoms with Crippen LogP contribution in [0.2, 0.25) is 0 Å². The number of esters is 1. The highest BCUT2D eigenvalue weighted by Gasteiger charge is 2.17. The van der Waals surface area contributed by atoms with Gasteiger partial charge in [-0.15, -0.1) is 22.7 Å². The lowest BCUT2D eigenvalue weighted by molar-refractivity contribution is 0.0479. The van der Waals surface area contributed by atoms with E-state index in [2.05, 4.69) is 4.98 Å². The number of benzene rings is 2. The fraction of sp³-hybridized carbons (Fsp3) is 0.136. The van der Waals surface area contributed by atoms with Crippen LogP contribution < -0.4 is 9.47 Å². The minimum atomic E-state index is -0.541. The van der Waals surface area contributed by atoms with Gasteiger partial charge in [-0.2, -0.15) is 0 Å². The highest BCUT2D eigenvalue weighted by molar-refractivity contribution is 7.26. The lowest BCUT2D eigenvalue weighted by Crippen LogP contribution is -2.13. The van der Waals surface area contributed by atoms with Crippen molar-refractivity contribution in [2.24, 2.45) is 0 Å². The number of carbonyl (C=O) groups excluding carboxylic acids is 2. The van der Waals surface area contributed by atoms with Crippen molar-refractivity contribution >= 4 is 44.6 Å². The maximum Gasteiger partial charge on any atom is 0.348 e. The highest BCUT2D eigenvalue weighted by Crippen LogP contribution is 2.34. The van der Waals surface area contributed by atoms with Gasteiger partial charge in [-0.1, -0.05) is 12.1 Å². The molecule has 0 amide bonds. The molecule has 2 aromatic heterocycles. The van der Waals surface area contributed by atoms with E-state index in [1.54, 1.807) is 35.6 Å². The Balaban J connectivity index is 1.43. The molecule has 0 bridgehead atoms. The average Bonchev–Trinajstić information content (AvgIpc) is 3.43. The third-order valence-electron chi connectivity index (χ3n) is 4.35. The summed E-state index contributed by atoms with van der Waals surface area (Å²) in [5.41, 5.74) is 1.30. The summed E-state index contributed by atoms with van der Waals surface area (Å²) in [4.78, 5) is 30.7. The molecule has 6 nitrogen and oxygen atoms in total. The van der Waals surface area contributed by atoms with E-state index in [4.69, 9.17) is 14.2 Å². The molecule has 0 aliphatic heterocycles. The Morgan fingerprint density at radius 1 is 0.933 bits per heavy atom. The lowest BCUT2D eigenvalue weighted by atomic mass is 10.1. The molecule has 4 rings (SSSR count). The zero-order chi connectivity index (χ0) is 21.1. The Hall–Kier alpha value is -3.23. The number of methoxy groups -OCH3 is 2. The molecular formula is C22H17NO5S2. The number of rotatable bonds is 7. The van der Waals surface area contributed by atoms with Crippen LogP contribution in [0.4, 0.5) is 0 Å². The van der Waals surface area contributed by atoms with Crippen LogP contribution in [-0.2, 0) is 4.74 Å². The van der Waals surface area contributed by atoms with E-state index in [1.165, 1.54) is 25.6 Å². The molecule has 30 heavy (non-hydrogen) atoms. The van der Waals surface area contributed by atoms with Crippen LogP contribution in [0.15, 0.2) is 54.6 Å². The smallest absolute Gasteiger partial charge is 0.348 e. The van der Waals surface area contributed by atoms with E-state index in [-0.39, 0.29) is 12.4 Å². The van der Waals surface area contributed by atoms with Gasteiger partial charge in [0.15, 0.2) is 23.9 Å². The fourth-order valence-electron chi connectivity index (χ4n) is 2.84. The zero-order valence-corrected chi connectivity index (χ0v) is 17.8. The number of thiophene rings is 1. The standard InChI is InChI=1S/C22H17NO5S2/c1-26-16-8-7-13(11-17(16)27-2)15(24)12-28-22(25)20-10-9-19(29-20)21-23-14-5-3-4-6-18(14)30-21/h3-11H,12H2,1-2H3. The van der Waals surface area contributed by atoms with Crippen LogP contribution in [0.25, 0.3) is 20.1 Å². The summed E-state index contributed by atoms with van der Waals surface area (Å²) in [5.74, 6) is 0.0915. The molecule has 0 aliphatic carbocycles. The number of para-hydroxylation sites is 1. The quantitative estimate of drug-likeness (QED) is 0.295. The minimum absolute atomic E-state index is 0.327. The van der Waals surface area contributed by atoms with Crippen LogP contribution in [0.1, 0.15) is 20.0 Å². The van der Waals surface area contributed by atoms with E-state index >= 15 is 0 Å². The van der Waals surface area contributed by atoms with Crippen LogP contribution in [0.5, 0.6) is 11.5 Å². The topological polar surface area (TPSA) is 74.7 Å². The van der Waals surface area contributed by atoms with E-state index in [9.17, 15) is 9.59 Å². The Kier molecular flexibility index (Phi) is 5.78. The van der Waals surface area contributed by atoms with Gasteiger partial charge in [-0.25, -0.2) is 9.78 Å². The molecule has 0 unspecified atom stereocenters. The van der Waals surface area contributed by atoms with Crippen molar-refractivity contribution in [3.63, 3.8) is 0 Å². The molecule has 2 aromatic carbocycles. The van der Waals surface area contributed by atoms with Crippen molar-refractivity contribution in [2.75, 3.05) is 20.8 Å². The Morgan fingerprint density at radius 2 is 1.73 bits per heavy atom. The number of hydrogen-bond acceptors (Lipinski definition) is 8. The fourth-order valence-corrected chi connectivity index (χ4v) is 4.76.